The van der Waals surface area contributed by atoms with Gasteiger partial charge >= 0.3 is 0 Å². The Morgan fingerprint density at radius 2 is 1.75 bits per heavy atom. The molecule has 0 aromatic heterocycles. The van der Waals surface area contributed by atoms with Crippen molar-refractivity contribution in [2.75, 3.05) is 26.7 Å². The van der Waals surface area contributed by atoms with Crippen LogP contribution in [-0.4, -0.2) is 59.7 Å². The second-order valence-corrected chi connectivity index (χ2v) is 9.85. The number of nitrogens with zero attached hydrogens (tertiary/aromatic N) is 2. The lowest BCUT2D eigenvalue weighted by Crippen LogP contribution is -2.47. The Kier molecular flexibility index (Phi) is 8.52. The summed E-state index contributed by atoms with van der Waals surface area (Å²) in [5.74, 6) is -0.346. The van der Waals surface area contributed by atoms with Crippen molar-refractivity contribution >= 4 is 5.91 Å². The summed E-state index contributed by atoms with van der Waals surface area (Å²) in [6.45, 7) is 5.89. The van der Waals surface area contributed by atoms with E-state index in [1.807, 2.05) is 68.6 Å². The first-order valence-electron chi connectivity index (χ1n) is 12.5. The molecule has 0 radical (unpaired) electrons. The molecule has 0 bridgehead atoms. The Morgan fingerprint density at radius 1 is 1.06 bits per heavy atom. The zero-order valence-electron chi connectivity index (χ0n) is 21.2. The van der Waals surface area contributed by atoms with Gasteiger partial charge < -0.3 is 14.7 Å². The highest BCUT2D eigenvalue weighted by Crippen LogP contribution is 2.31. The summed E-state index contributed by atoms with van der Waals surface area (Å²) in [4.78, 5) is 17.7. The van der Waals surface area contributed by atoms with E-state index in [4.69, 9.17) is 4.74 Å². The minimum Gasteiger partial charge on any atom is -0.394 e. The first-order chi connectivity index (χ1) is 17.4. The molecule has 0 unspecified atom stereocenters. The molecular formula is C30H35FN2O3. The number of fused-ring (bicyclic) bond motifs is 3. The van der Waals surface area contributed by atoms with Gasteiger partial charge in [0, 0.05) is 31.1 Å². The summed E-state index contributed by atoms with van der Waals surface area (Å²) in [6, 6.07) is 22.0. The summed E-state index contributed by atoms with van der Waals surface area (Å²) < 4.78 is 20.2. The smallest absolute Gasteiger partial charge is 0.254 e. The van der Waals surface area contributed by atoms with Crippen molar-refractivity contribution in [3.63, 3.8) is 0 Å². The molecule has 1 N–H and O–H groups in total. The number of aliphatic hydroxyl groups excluding tert-OH is 1. The van der Waals surface area contributed by atoms with Gasteiger partial charge in [0.15, 0.2) is 0 Å². The average molecular weight is 491 g/mol. The molecule has 0 spiro atoms. The number of ether oxygens (including phenoxy) is 1. The van der Waals surface area contributed by atoms with Gasteiger partial charge in [0.2, 0.25) is 0 Å². The largest absolute Gasteiger partial charge is 0.394 e. The lowest BCUT2D eigenvalue weighted by atomic mass is 9.94. The van der Waals surface area contributed by atoms with Crippen molar-refractivity contribution < 1.29 is 19.0 Å². The molecule has 1 heterocycles. The molecule has 3 aromatic carbocycles. The van der Waals surface area contributed by atoms with Crippen molar-refractivity contribution in [2.45, 2.75) is 39.1 Å². The third-order valence-corrected chi connectivity index (χ3v) is 6.93. The minimum absolute atomic E-state index is 0.00432. The van der Waals surface area contributed by atoms with Crippen LogP contribution >= 0.6 is 0 Å². The molecule has 36 heavy (non-hydrogen) atoms. The number of aliphatic hydroxyl groups is 1. The second-order valence-electron chi connectivity index (χ2n) is 9.85. The minimum atomic E-state index is -0.338. The normalized spacial score (nSPS) is 19.4. The first-order valence-corrected chi connectivity index (χ1v) is 12.5. The lowest BCUT2D eigenvalue weighted by molar-refractivity contribution is -0.0241. The number of likely N-dealkylation sites (N-methyl/N-ethyl adjacent to an activating group) is 1. The number of hydrogen-bond donors (Lipinski definition) is 1. The summed E-state index contributed by atoms with van der Waals surface area (Å²) in [7, 11) is 2.00. The summed E-state index contributed by atoms with van der Waals surface area (Å²) >= 11 is 0. The van der Waals surface area contributed by atoms with Crippen LogP contribution in [0.3, 0.4) is 0 Å². The maximum atomic E-state index is 13.9. The molecule has 1 aliphatic rings. The fraction of sp³-hybridized carbons (Fsp3) is 0.367. The van der Waals surface area contributed by atoms with Gasteiger partial charge in [0.25, 0.3) is 5.91 Å². The van der Waals surface area contributed by atoms with E-state index in [2.05, 4.69) is 11.8 Å². The highest BCUT2D eigenvalue weighted by molar-refractivity contribution is 6.01. The molecule has 190 valence electrons. The van der Waals surface area contributed by atoms with Crippen LogP contribution in [0.15, 0.2) is 72.8 Å². The van der Waals surface area contributed by atoms with Crippen molar-refractivity contribution in [1.82, 2.24) is 9.80 Å². The van der Waals surface area contributed by atoms with Crippen LogP contribution in [0, 0.1) is 11.7 Å². The zero-order valence-corrected chi connectivity index (χ0v) is 21.2. The van der Waals surface area contributed by atoms with E-state index in [0.29, 0.717) is 31.8 Å². The molecule has 3 atom stereocenters. The van der Waals surface area contributed by atoms with Crippen molar-refractivity contribution in [1.29, 1.82) is 0 Å². The van der Waals surface area contributed by atoms with E-state index in [1.54, 1.807) is 17.0 Å². The van der Waals surface area contributed by atoms with Crippen LogP contribution in [0.2, 0.25) is 0 Å². The average Bonchev–Trinajstić information content (AvgIpc) is 2.89. The van der Waals surface area contributed by atoms with Gasteiger partial charge in [-0.2, -0.15) is 0 Å². The number of rotatable bonds is 6. The van der Waals surface area contributed by atoms with Crippen LogP contribution < -0.4 is 0 Å². The summed E-state index contributed by atoms with van der Waals surface area (Å²) in [5, 5.41) is 9.97. The Balaban J connectivity index is 1.67. The number of amides is 1. The van der Waals surface area contributed by atoms with Gasteiger partial charge in [-0.25, -0.2) is 4.39 Å². The fourth-order valence-corrected chi connectivity index (χ4v) is 4.87. The molecule has 0 aliphatic carbocycles. The molecule has 0 saturated carbocycles. The van der Waals surface area contributed by atoms with E-state index in [1.165, 1.54) is 6.07 Å². The van der Waals surface area contributed by atoms with Crippen LogP contribution in [0.1, 0.15) is 35.3 Å². The van der Waals surface area contributed by atoms with Gasteiger partial charge in [-0.3, -0.25) is 9.69 Å². The number of carbonyl (C=O) groups excluding carboxylic acids is 1. The molecule has 0 fully saturated rings. The van der Waals surface area contributed by atoms with Crippen LogP contribution in [0.25, 0.3) is 11.1 Å². The number of hydrogen-bond acceptors (Lipinski definition) is 4. The van der Waals surface area contributed by atoms with E-state index in [-0.39, 0.29) is 36.4 Å². The molecule has 6 heteroatoms. The molecule has 1 amide bonds. The molecule has 3 aromatic rings. The molecular weight excluding hydrogens is 455 g/mol. The van der Waals surface area contributed by atoms with Crippen LogP contribution in [-0.2, 0) is 17.9 Å². The van der Waals surface area contributed by atoms with Gasteiger partial charge in [-0.15, -0.1) is 0 Å². The van der Waals surface area contributed by atoms with Gasteiger partial charge in [0.1, 0.15) is 5.82 Å². The summed E-state index contributed by atoms with van der Waals surface area (Å²) in [5.41, 5.74) is 4.38. The number of carbonyl (C=O) groups is 1. The highest BCUT2D eigenvalue weighted by atomic mass is 19.1. The van der Waals surface area contributed by atoms with Gasteiger partial charge in [-0.05, 0) is 54.4 Å². The standard InChI is InChI=1S/C30H35FN2O3/c1-21-16-33(22(2)19-34)30(35)28-14-7-6-13-27(28)26-12-5-4-10-24(26)20-36-29(21)18-32(3)17-23-9-8-11-25(31)15-23/h4-15,21-22,29,34H,16-20H2,1-3H3/t21-,22-,29-/m1/s1. The van der Waals surface area contributed by atoms with Crippen LogP contribution in [0.5, 0.6) is 0 Å². The second kappa shape index (κ2) is 11.8. The Labute approximate surface area is 213 Å². The SMILES string of the molecule is C[C@@H]1CN([C@H](C)CO)C(=O)c2ccccc2-c2ccccc2CO[C@@H]1CN(C)Cc1cccc(F)c1. The predicted octanol–water partition coefficient (Wildman–Crippen LogP) is 4.98. The van der Waals surface area contributed by atoms with Crippen molar-refractivity contribution in [2.24, 2.45) is 5.92 Å². The first kappa shape index (κ1) is 26.0. The Bertz CT molecular complexity index is 1180. The summed E-state index contributed by atoms with van der Waals surface area (Å²) in [6.07, 6.45) is -0.181. The van der Waals surface area contributed by atoms with Gasteiger partial charge in [0.05, 0.1) is 25.4 Å². The van der Waals surface area contributed by atoms with Crippen LogP contribution in [0.4, 0.5) is 4.39 Å². The van der Waals surface area contributed by atoms with E-state index < -0.39 is 0 Å². The molecule has 0 saturated heterocycles. The number of halogens is 1. The van der Waals surface area contributed by atoms with Crippen molar-refractivity contribution in [3.8, 4) is 11.1 Å². The lowest BCUT2D eigenvalue weighted by Gasteiger charge is -2.35. The fourth-order valence-electron chi connectivity index (χ4n) is 4.87. The third-order valence-electron chi connectivity index (χ3n) is 6.93. The highest BCUT2D eigenvalue weighted by Gasteiger charge is 2.30. The predicted molar refractivity (Wildman–Crippen MR) is 140 cm³/mol. The van der Waals surface area contributed by atoms with Gasteiger partial charge in [-0.1, -0.05) is 61.5 Å². The topological polar surface area (TPSA) is 53.0 Å². The maximum Gasteiger partial charge on any atom is 0.254 e. The molecule has 4 rings (SSSR count). The third kappa shape index (κ3) is 6.01. The maximum absolute atomic E-state index is 13.9. The Hall–Kier alpha value is -3.06. The monoisotopic (exact) mass is 490 g/mol. The van der Waals surface area contributed by atoms with E-state index >= 15 is 0 Å². The van der Waals surface area contributed by atoms with Crippen molar-refractivity contribution in [3.05, 3.63) is 95.3 Å². The number of benzene rings is 3. The quantitative estimate of drug-likeness (QED) is 0.529. The molecule has 1 aliphatic heterocycles. The van der Waals surface area contributed by atoms with E-state index in [9.17, 15) is 14.3 Å². The zero-order chi connectivity index (χ0) is 25.7. The Morgan fingerprint density at radius 3 is 2.47 bits per heavy atom. The van der Waals surface area contributed by atoms with E-state index in [0.717, 1.165) is 22.3 Å². The molecule has 5 nitrogen and oxygen atoms in total.